The maximum Gasteiger partial charge on any atom is 0.411 e. The van der Waals surface area contributed by atoms with Crippen LogP contribution in [0.15, 0.2) is 17.1 Å². The van der Waals surface area contributed by atoms with E-state index in [0.29, 0.717) is 12.1 Å². The highest BCUT2D eigenvalue weighted by Crippen LogP contribution is 2.14. The molecule has 0 saturated heterocycles. The average molecular weight is 293 g/mol. The van der Waals surface area contributed by atoms with Crippen molar-refractivity contribution in [3.63, 3.8) is 0 Å². The number of aromatic nitrogens is 2. The maximum atomic E-state index is 11.8. The molecule has 0 radical (unpaired) electrons. The molecule has 0 aliphatic rings. The average Bonchev–Trinajstić information content (AvgIpc) is 2.29. The second kappa shape index (κ2) is 7.28. The van der Waals surface area contributed by atoms with Crippen LogP contribution >= 0.6 is 0 Å². The van der Waals surface area contributed by atoms with E-state index in [1.54, 1.807) is 0 Å². The maximum absolute atomic E-state index is 11.8. The summed E-state index contributed by atoms with van der Waals surface area (Å²) in [6.45, 7) is 2.75. The lowest BCUT2D eigenvalue weighted by molar-refractivity contribution is -0.174. The molecule has 0 bridgehead atoms. The molecule has 0 aromatic carbocycles. The van der Waals surface area contributed by atoms with Gasteiger partial charge in [0.1, 0.15) is 6.61 Å². The molecule has 1 aromatic heterocycles. The van der Waals surface area contributed by atoms with Crippen LogP contribution in [-0.2, 0) is 11.3 Å². The summed E-state index contributed by atoms with van der Waals surface area (Å²) in [6, 6.07) is 1.59. The van der Waals surface area contributed by atoms with Crippen molar-refractivity contribution < 1.29 is 17.9 Å². The summed E-state index contributed by atoms with van der Waals surface area (Å²) in [4.78, 5) is 11.7. The summed E-state index contributed by atoms with van der Waals surface area (Å²) >= 11 is 0. The largest absolute Gasteiger partial charge is 0.411 e. The number of rotatable bonds is 7. The summed E-state index contributed by atoms with van der Waals surface area (Å²) in [6.07, 6.45) is -2.52. The van der Waals surface area contributed by atoms with Crippen molar-refractivity contribution in [1.29, 1.82) is 0 Å². The predicted molar refractivity (Wildman–Crippen MR) is 68.7 cm³/mol. The molecule has 5 nitrogen and oxygen atoms in total. The highest BCUT2D eigenvalue weighted by atomic mass is 19.4. The third-order valence-electron chi connectivity index (χ3n) is 2.25. The quantitative estimate of drug-likeness (QED) is 0.782. The van der Waals surface area contributed by atoms with Crippen LogP contribution in [0.4, 0.5) is 18.9 Å². The number of nitrogens with one attached hydrogen (secondary N) is 1. The van der Waals surface area contributed by atoms with E-state index in [4.69, 9.17) is 0 Å². The van der Waals surface area contributed by atoms with E-state index in [1.165, 1.54) is 16.9 Å². The number of halogens is 3. The van der Waals surface area contributed by atoms with Crippen molar-refractivity contribution in [1.82, 2.24) is 9.78 Å². The Balaban J connectivity index is 2.39. The number of ether oxygens (including phenoxy) is 1. The lowest BCUT2D eigenvalue weighted by Crippen LogP contribution is -2.24. The van der Waals surface area contributed by atoms with Gasteiger partial charge in [0.2, 0.25) is 0 Å². The third kappa shape index (κ3) is 6.55. The van der Waals surface area contributed by atoms with Gasteiger partial charge >= 0.3 is 6.18 Å². The Morgan fingerprint density at radius 3 is 2.70 bits per heavy atom. The molecule has 114 valence electrons. The fourth-order valence-corrected chi connectivity index (χ4v) is 1.52. The summed E-state index contributed by atoms with van der Waals surface area (Å²) in [5.41, 5.74) is 0.320. The van der Waals surface area contributed by atoms with Crippen LogP contribution in [0.3, 0.4) is 0 Å². The predicted octanol–water partition coefficient (Wildman–Crippen LogP) is 2.03. The zero-order valence-electron chi connectivity index (χ0n) is 11.4. The van der Waals surface area contributed by atoms with Gasteiger partial charge in [0.15, 0.2) is 0 Å². The lowest BCUT2D eigenvalue weighted by atomic mass is 10.3. The molecule has 0 aliphatic carbocycles. The van der Waals surface area contributed by atoms with E-state index in [9.17, 15) is 18.0 Å². The van der Waals surface area contributed by atoms with E-state index in [2.05, 4.69) is 15.2 Å². The monoisotopic (exact) mass is 293 g/mol. The highest BCUT2D eigenvalue weighted by molar-refractivity contribution is 5.39. The first-order valence-corrected chi connectivity index (χ1v) is 6.26. The Kier molecular flexibility index (Phi) is 6.00. The molecule has 0 spiro atoms. The van der Waals surface area contributed by atoms with Gasteiger partial charge in [-0.3, -0.25) is 4.79 Å². The molecule has 1 rings (SSSR count). The van der Waals surface area contributed by atoms with E-state index in [0.717, 1.165) is 0 Å². The molecule has 0 amide bonds. The van der Waals surface area contributed by atoms with Crippen molar-refractivity contribution >= 4 is 5.69 Å². The Hall–Kier alpha value is -1.57. The zero-order chi connectivity index (χ0) is 15.2. The van der Waals surface area contributed by atoms with Gasteiger partial charge in [0.25, 0.3) is 5.56 Å². The molecule has 20 heavy (non-hydrogen) atoms. The summed E-state index contributed by atoms with van der Waals surface area (Å²) < 4.78 is 41.1. The first-order chi connectivity index (χ1) is 9.28. The molecule has 1 heterocycles. The number of hydrogen-bond donors (Lipinski definition) is 1. The molecule has 0 atom stereocenters. The van der Waals surface area contributed by atoms with E-state index >= 15 is 0 Å². The molecule has 1 N–H and O–H groups in total. The SMILES string of the molecule is CC(C)Nc1cnn(CCCOCC(F)(F)F)c(=O)c1. The van der Waals surface area contributed by atoms with Crippen LogP contribution in [0.1, 0.15) is 20.3 Å². The lowest BCUT2D eigenvalue weighted by Gasteiger charge is -2.11. The topological polar surface area (TPSA) is 56.1 Å². The van der Waals surface area contributed by atoms with Gasteiger partial charge in [-0.1, -0.05) is 0 Å². The number of anilines is 1. The van der Waals surface area contributed by atoms with Gasteiger partial charge in [-0.15, -0.1) is 0 Å². The van der Waals surface area contributed by atoms with Gasteiger partial charge < -0.3 is 10.1 Å². The zero-order valence-corrected chi connectivity index (χ0v) is 11.4. The van der Waals surface area contributed by atoms with Gasteiger partial charge in [-0.25, -0.2) is 4.68 Å². The van der Waals surface area contributed by atoms with Crippen LogP contribution in [0.25, 0.3) is 0 Å². The smallest absolute Gasteiger partial charge is 0.381 e. The fourth-order valence-electron chi connectivity index (χ4n) is 1.52. The van der Waals surface area contributed by atoms with Crippen LogP contribution in [0.5, 0.6) is 0 Å². The van der Waals surface area contributed by atoms with Crippen molar-refractivity contribution in [2.75, 3.05) is 18.5 Å². The molecule has 0 saturated carbocycles. The number of nitrogens with zero attached hydrogens (tertiary/aromatic N) is 2. The Labute approximate surface area is 114 Å². The standard InChI is InChI=1S/C12H18F3N3O2/c1-9(2)17-10-6-11(19)18(16-7-10)4-3-5-20-8-12(13,14)15/h6-7,9,17H,3-5,8H2,1-2H3. The molecular formula is C12H18F3N3O2. The molecular weight excluding hydrogens is 275 g/mol. The first-order valence-electron chi connectivity index (χ1n) is 6.26. The number of hydrogen-bond acceptors (Lipinski definition) is 4. The minimum atomic E-state index is -4.32. The van der Waals surface area contributed by atoms with E-state index < -0.39 is 12.8 Å². The second-order valence-electron chi connectivity index (χ2n) is 4.63. The number of alkyl halides is 3. The second-order valence-corrected chi connectivity index (χ2v) is 4.63. The fraction of sp³-hybridized carbons (Fsp3) is 0.667. The van der Waals surface area contributed by atoms with Crippen LogP contribution in [-0.4, -0.2) is 35.2 Å². The van der Waals surface area contributed by atoms with Gasteiger partial charge in [0, 0.05) is 25.3 Å². The molecule has 1 aromatic rings. The normalized spacial score (nSPS) is 11.9. The summed E-state index contributed by atoms with van der Waals surface area (Å²) in [5.74, 6) is 0. The minimum Gasteiger partial charge on any atom is -0.381 e. The van der Waals surface area contributed by atoms with Crippen molar-refractivity contribution in [3.8, 4) is 0 Å². The van der Waals surface area contributed by atoms with Crippen molar-refractivity contribution in [2.45, 2.75) is 39.0 Å². The third-order valence-corrected chi connectivity index (χ3v) is 2.25. The van der Waals surface area contributed by atoms with Gasteiger partial charge in [0.05, 0.1) is 11.9 Å². The summed E-state index contributed by atoms with van der Waals surface area (Å²) in [7, 11) is 0. The van der Waals surface area contributed by atoms with E-state index in [-0.39, 0.29) is 24.8 Å². The Morgan fingerprint density at radius 2 is 2.15 bits per heavy atom. The van der Waals surface area contributed by atoms with Crippen molar-refractivity contribution in [2.24, 2.45) is 0 Å². The minimum absolute atomic E-state index is 0.0698. The Morgan fingerprint density at radius 1 is 1.45 bits per heavy atom. The van der Waals surface area contributed by atoms with Gasteiger partial charge in [-0.05, 0) is 20.3 Å². The molecule has 0 fully saturated rings. The molecule has 0 aliphatic heterocycles. The summed E-state index contributed by atoms with van der Waals surface area (Å²) in [5, 5.41) is 6.98. The first kappa shape index (κ1) is 16.5. The molecule has 8 heteroatoms. The van der Waals surface area contributed by atoms with Crippen LogP contribution in [0, 0.1) is 0 Å². The van der Waals surface area contributed by atoms with E-state index in [1.807, 2.05) is 13.8 Å². The van der Waals surface area contributed by atoms with Crippen LogP contribution < -0.4 is 10.9 Å². The van der Waals surface area contributed by atoms with Crippen LogP contribution in [0.2, 0.25) is 0 Å². The highest BCUT2D eigenvalue weighted by Gasteiger charge is 2.27. The Bertz CT molecular complexity index is 472. The number of aryl methyl sites for hydroxylation is 1. The van der Waals surface area contributed by atoms with Gasteiger partial charge in [-0.2, -0.15) is 18.3 Å². The molecule has 0 unspecified atom stereocenters. The van der Waals surface area contributed by atoms with Crippen molar-refractivity contribution in [3.05, 3.63) is 22.6 Å².